The van der Waals surface area contributed by atoms with Gasteiger partial charge in [-0.1, -0.05) is 6.07 Å². The standard InChI is InChI=1S/C13H18BrN3/c1-9(7-15)8-17(3)13-5-4-11(10(2)16)6-12(13)14/h4-6,9-10H,8,16H2,1-3H3/t9?,10-/m1/s1. The van der Waals surface area contributed by atoms with Crippen molar-refractivity contribution in [3.05, 3.63) is 28.2 Å². The van der Waals surface area contributed by atoms with E-state index in [1.54, 1.807) is 0 Å². The third kappa shape index (κ3) is 3.72. The molecule has 0 aliphatic carbocycles. The zero-order valence-corrected chi connectivity index (χ0v) is 12.0. The molecule has 4 heteroatoms. The van der Waals surface area contributed by atoms with E-state index in [4.69, 9.17) is 11.0 Å². The van der Waals surface area contributed by atoms with E-state index in [2.05, 4.69) is 26.9 Å². The molecule has 0 bridgehead atoms. The third-order valence-corrected chi connectivity index (χ3v) is 3.31. The summed E-state index contributed by atoms with van der Waals surface area (Å²) in [5.41, 5.74) is 8.01. The van der Waals surface area contributed by atoms with E-state index in [0.29, 0.717) is 6.54 Å². The lowest BCUT2D eigenvalue weighted by atomic mass is 10.1. The normalized spacial score (nSPS) is 13.9. The summed E-state index contributed by atoms with van der Waals surface area (Å²) in [5.74, 6) is 0.0139. The van der Waals surface area contributed by atoms with Crippen molar-refractivity contribution >= 4 is 21.6 Å². The molecule has 17 heavy (non-hydrogen) atoms. The van der Waals surface area contributed by atoms with Crippen LogP contribution in [0.3, 0.4) is 0 Å². The summed E-state index contributed by atoms with van der Waals surface area (Å²) in [5, 5.41) is 8.81. The summed E-state index contributed by atoms with van der Waals surface area (Å²) in [4.78, 5) is 2.07. The molecule has 2 N–H and O–H groups in total. The first-order chi connectivity index (χ1) is 7.95. The first kappa shape index (κ1) is 14.0. The molecule has 0 fully saturated rings. The predicted molar refractivity (Wildman–Crippen MR) is 74.8 cm³/mol. The number of hydrogen-bond donors (Lipinski definition) is 1. The summed E-state index contributed by atoms with van der Waals surface area (Å²) < 4.78 is 1.01. The minimum Gasteiger partial charge on any atom is -0.372 e. The predicted octanol–water partition coefficient (Wildman–Crippen LogP) is 3.06. The number of benzene rings is 1. The topological polar surface area (TPSA) is 53.0 Å². The Balaban J connectivity index is 2.89. The van der Waals surface area contributed by atoms with E-state index in [9.17, 15) is 0 Å². The Morgan fingerprint density at radius 3 is 2.59 bits per heavy atom. The summed E-state index contributed by atoms with van der Waals surface area (Å²) in [7, 11) is 1.99. The largest absolute Gasteiger partial charge is 0.372 e. The van der Waals surface area contributed by atoms with Gasteiger partial charge in [0.1, 0.15) is 0 Å². The highest BCUT2D eigenvalue weighted by molar-refractivity contribution is 9.10. The van der Waals surface area contributed by atoms with Gasteiger partial charge in [0, 0.05) is 24.1 Å². The van der Waals surface area contributed by atoms with Crippen LogP contribution in [0.15, 0.2) is 22.7 Å². The highest BCUT2D eigenvalue weighted by Gasteiger charge is 2.10. The Hall–Kier alpha value is -1.05. The lowest BCUT2D eigenvalue weighted by molar-refractivity contribution is 0.715. The van der Waals surface area contributed by atoms with Crippen LogP contribution in [0.1, 0.15) is 25.5 Å². The zero-order valence-electron chi connectivity index (χ0n) is 10.4. The maximum Gasteiger partial charge on any atom is 0.0671 e. The summed E-state index contributed by atoms with van der Waals surface area (Å²) in [6.07, 6.45) is 0. The number of anilines is 1. The van der Waals surface area contributed by atoms with Crippen LogP contribution in [0, 0.1) is 17.2 Å². The number of nitrogens with two attached hydrogens (primary N) is 1. The molecule has 3 nitrogen and oxygen atoms in total. The van der Waals surface area contributed by atoms with Gasteiger partial charge in [0.05, 0.1) is 17.7 Å². The van der Waals surface area contributed by atoms with Gasteiger partial charge in [0.2, 0.25) is 0 Å². The number of rotatable bonds is 4. The maximum absolute atomic E-state index is 8.81. The van der Waals surface area contributed by atoms with Crippen molar-refractivity contribution < 1.29 is 0 Å². The SMILES string of the molecule is CC(C#N)CN(C)c1ccc([C@@H](C)N)cc1Br. The van der Waals surface area contributed by atoms with Gasteiger partial charge >= 0.3 is 0 Å². The Morgan fingerprint density at radius 2 is 2.12 bits per heavy atom. The second kappa shape index (κ2) is 6.04. The van der Waals surface area contributed by atoms with Gasteiger partial charge in [-0.3, -0.25) is 0 Å². The van der Waals surface area contributed by atoms with E-state index in [-0.39, 0.29) is 12.0 Å². The minimum atomic E-state index is 0.0139. The van der Waals surface area contributed by atoms with E-state index >= 15 is 0 Å². The van der Waals surface area contributed by atoms with Crippen LogP contribution in [0.5, 0.6) is 0 Å². The van der Waals surface area contributed by atoms with Gasteiger partial charge in [-0.25, -0.2) is 0 Å². The molecular formula is C13H18BrN3. The van der Waals surface area contributed by atoms with Crippen molar-refractivity contribution in [3.8, 4) is 6.07 Å². The van der Waals surface area contributed by atoms with Crippen molar-refractivity contribution in [2.24, 2.45) is 11.7 Å². The number of halogens is 1. The fourth-order valence-corrected chi connectivity index (χ4v) is 2.37. The second-order valence-corrected chi connectivity index (χ2v) is 5.26. The summed E-state index contributed by atoms with van der Waals surface area (Å²) in [6, 6.07) is 8.36. The highest BCUT2D eigenvalue weighted by atomic mass is 79.9. The molecule has 0 aromatic heterocycles. The van der Waals surface area contributed by atoms with Crippen molar-refractivity contribution in [2.75, 3.05) is 18.5 Å². The van der Waals surface area contributed by atoms with Crippen molar-refractivity contribution in [2.45, 2.75) is 19.9 Å². The first-order valence-electron chi connectivity index (χ1n) is 5.61. The molecule has 0 saturated carbocycles. The average Bonchev–Trinajstić information content (AvgIpc) is 2.28. The molecule has 1 aromatic rings. The molecule has 0 aliphatic heterocycles. The molecular weight excluding hydrogens is 278 g/mol. The van der Waals surface area contributed by atoms with Crippen molar-refractivity contribution in [3.63, 3.8) is 0 Å². The van der Waals surface area contributed by atoms with Gasteiger partial charge in [-0.15, -0.1) is 0 Å². The quantitative estimate of drug-likeness (QED) is 0.929. The van der Waals surface area contributed by atoms with Gasteiger partial charge in [0.25, 0.3) is 0 Å². The monoisotopic (exact) mass is 295 g/mol. The van der Waals surface area contributed by atoms with E-state index in [0.717, 1.165) is 15.7 Å². The molecule has 92 valence electrons. The first-order valence-corrected chi connectivity index (χ1v) is 6.40. The molecule has 1 unspecified atom stereocenters. The Morgan fingerprint density at radius 1 is 1.47 bits per heavy atom. The van der Waals surface area contributed by atoms with E-state index < -0.39 is 0 Å². The van der Waals surface area contributed by atoms with Crippen molar-refractivity contribution in [1.29, 1.82) is 5.26 Å². The van der Waals surface area contributed by atoms with Gasteiger partial charge in [-0.05, 0) is 47.5 Å². The van der Waals surface area contributed by atoms with Gasteiger partial charge in [0.15, 0.2) is 0 Å². The summed E-state index contributed by atoms with van der Waals surface area (Å²) >= 11 is 3.55. The van der Waals surface area contributed by atoms with E-state index in [1.807, 2.05) is 39.1 Å². The van der Waals surface area contributed by atoms with E-state index in [1.165, 1.54) is 0 Å². The fourth-order valence-electron chi connectivity index (χ4n) is 1.67. The fraction of sp³-hybridized carbons (Fsp3) is 0.462. The minimum absolute atomic E-state index is 0.0139. The second-order valence-electron chi connectivity index (χ2n) is 4.41. The molecule has 0 amide bonds. The van der Waals surface area contributed by atoms with Gasteiger partial charge in [-0.2, -0.15) is 5.26 Å². The van der Waals surface area contributed by atoms with Crippen LogP contribution in [0.2, 0.25) is 0 Å². The number of hydrogen-bond acceptors (Lipinski definition) is 3. The number of nitrogens with zero attached hydrogens (tertiary/aromatic N) is 2. The van der Waals surface area contributed by atoms with Crippen LogP contribution in [-0.4, -0.2) is 13.6 Å². The molecule has 0 spiro atoms. The van der Waals surface area contributed by atoms with Crippen LogP contribution in [-0.2, 0) is 0 Å². The molecule has 2 atom stereocenters. The average molecular weight is 296 g/mol. The third-order valence-electron chi connectivity index (χ3n) is 2.68. The highest BCUT2D eigenvalue weighted by Crippen LogP contribution is 2.28. The van der Waals surface area contributed by atoms with Crippen LogP contribution < -0.4 is 10.6 Å². The van der Waals surface area contributed by atoms with Gasteiger partial charge < -0.3 is 10.6 Å². The van der Waals surface area contributed by atoms with Crippen LogP contribution in [0.4, 0.5) is 5.69 Å². The lowest BCUT2D eigenvalue weighted by Gasteiger charge is -2.22. The lowest BCUT2D eigenvalue weighted by Crippen LogP contribution is -2.23. The molecule has 0 heterocycles. The zero-order chi connectivity index (χ0) is 13.0. The maximum atomic E-state index is 8.81. The molecule has 1 rings (SSSR count). The Kier molecular flexibility index (Phi) is 4.98. The Bertz CT molecular complexity index is 423. The summed E-state index contributed by atoms with van der Waals surface area (Å²) in [6.45, 7) is 4.59. The van der Waals surface area contributed by atoms with Crippen LogP contribution >= 0.6 is 15.9 Å². The molecule has 1 aromatic carbocycles. The number of nitriles is 1. The Labute approximate surface area is 111 Å². The molecule has 0 aliphatic rings. The molecule has 0 radical (unpaired) electrons. The van der Waals surface area contributed by atoms with Crippen LogP contribution in [0.25, 0.3) is 0 Å². The molecule has 0 saturated heterocycles. The smallest absolute Gasteiger partial charge is 0.0671 e. The van der Waals surface area contributed by atoms with Crippen molar-refractivity contribution in [1.82, 2.24) is 0 Å².